The van der Waals surface area contributed by atoms with Gasteiger partial charge in [-0.1, -0.05) is 37.3 Å². The topological polar surface area (TPSA) is 72.9 Å². The van der Waals surface area contributed by atoms with E-state index in [9.17, 15) is 13.2 Å². The van der Waals surface area contributed by atoms with Crippen LogP contribution in [0.5, 0.6) is 0 Å². The zero-order valence-corrected chi connectivity index (χ0v) is 13.6. The SMILES string of the molecule is C[C@@H]1CCN(C(=O)OCc2ccccc2)C[C@H]1OS(C)(=O)=O. The molecule has 1 fully saturated rings. The molecule has 1 aliphatic heterocycles. The molecule has 7 heteroatoms. The van der Waals surface area contributed by atoms with E-state index in [1.165, 1.54) is 4.90 Å². The second-order valence-electron chi connectivity index (χ2n) is 5.59. The van der Waals surface area contributed by atoms with E-state index >= 15 is 0 Å². The quantitative estimate of drug-likeness (QED) is 0.791. The van der Waals surface area contributed by atoms with Crippen LogP contribution in [0, 0.1) is 5.92 Å². The minimum atomic E-state index is -3.54. The van der Waals surface area contributed by atoms with E-state index in [1.807, 2.05) is 37.3 Å². The summed E-state index contributed by atoms with van der Waals surface area (Å²) in [7, 11) is -3.54. The summed E-state index contributed by atoms with van der Waals surface area (Å²) in [6, 6.07) is 9.40. The van der Waals surface area contributed by atoms with E-state index in [1.54, 1.807) is 0 Å². The number of benzene rings is 1. The molecule has 0 aromatic heterocycles. The molecule has 122 valence electrons. The van der Waals surface area contributed by atoms with Gasteiger partial charge in [-0.15, -0.1) is 0 Å². The molecule has 0 N–H and O–H groups in total. The summed E-state index contributed by atoms with van der Waals surface area (Å²) in [5.74, 6) is 0.0768. The van der Waals surface area contributed by atoms with Crippen LogP contribution in [0.2, 0.25) is 0 Å². The summed E-state index contributed by atoms with van der Waals surface area (Å²) < 4.78 is 32.9. The Balaban J connectivity index is 1.90. The molecule has 1 saturated heterocycles. The largest absolute Gasteiger partial charge is 0.445 e. The highest BCUT2D eigenvalue weighted by molar-refractivity contribution is 7.86. The number of nitrogens with zero attached hydrogens (tertiary/aromatic N) is 1. The van der Waals surface area contributed by atoms with Crippen LogP contribution in [0.25, 0.3) is 0 Å². The first-order chi connectivity index (χ1) is 10.3. The Hall–Kier alpha value is -1.60. The minimum absolute atomic E-state index is 0.0768. The minimum Gasteiger partial charge on any atom is -0.445 e. The van der Waals surface area contributed by atoms with Crippen molar-refractivity contribution in [1.29, 1.82) is 0 Å². The van der Waals surface area contributed by atoms with E-state index in [4.69, 9.17) is 8.92 Å². The third kappa shape index (κ3) is 4.99. The van der Waals surface area contributed by atoms with Crippen molar-refractivity contribution < 1.29 is 22.1 Å². The number of rotatable bonds is 4. The van der Waals surface area contributed by atoms with Crippen LogP contribution in [0.15, 0.2) is 30.3 Å². The lowest BCUT2D eigenvalue weighted by Gasteiger charge is -2.35. The molecule has 0 saturated carbocycles. The first-order valence-electron chi connectivity index (χ1n) is 7.19. The molecule has 1 aromatic carbocycles. The average Bonchev–Trinajstić information content (AvgIpc) is 2.47. The second-order valence-corrected chi connectivity index (χ2v) is 7.19. The molecule has 1 heterocycles. The predicted octanol–water partition coefficient (Wildman–Crippen LogP) is 2.01. The number of hydrogen-bond donors (Lipinski definition) is 0. The lowest BCUT2D eigenvalue weighted by Crippen LogP contribution is -2.47. The smallest absolute Gasteiger partial charge is 0.410 e. The Morgan fingerprint density at radius 2 is 2.00 bits per heavy atom. The van der Waals surface area contributed by atoms with E-state index in [0.717, 1.165) is 11.8 Å². The van der Waals surface area contributed by atoms with Gasteiger partial charge in [0.1, 0.15) is 6.61 Å². The van der Waals surface area contributed by atoms with Gasteiger partial charge in [-0.25, -0.2) is 4.79 Å². The van der Waals surface area contributed by atoms with Crippen molar-refractivity contribution in [3.05, 3.63) is 35.9 Å². The summed E-state index contributed by atoms with van der Waals surface area (Å²) in [6.07, 6.45) is 0.735. The maximum absolute atomic E-state index is 12.1. The van der Waals surface area contributed by atoms with Gasteiger partial charge in [-0.05, 0) is 17.9 Å². The standard InChI is InChI=1S/C15H21NO5S/c1-12-8-9-16(10-14(12)21-22(2,18)19)15(17)20-11-13-6-4-3-5-7-13/h3-7,12,14H,8-11H2,1-2H3/t12-,14-/m1/s1. The molecule has 0 aliphatic carbocycles. The maximum Gasteiger partial charge on any atom is 0.410 e. The summed E-state index contributed by atoms with van der Waals surface area (Å²) in [5, 5.41) is 0. The van der Waals surface area contributed by atoms with Crippen molar-refractivity contribution in [3.8, 4) is 0 Å². The fourth-order valence-corrected chi connectivity index (χ4v) is 3.06. The molecule has 1 amide bonds. The fraction of sp³-hybridized carbons (Fsp3) is 0.533. The molecule has 2 rings (SSSR count). The van der Waals surface area contributed by atoms with Crippen LogP contribution in [0.3, 0.4) is 0 Å². The highest BCUT2D eigenvalue weighted by Crippen LogP contribution is 2.22. The van der Waals surface area contributed by atoms with E-state index in [2.05, 4.69) is 0 Å². The van der Waals surface area contributed by atoms with Crippen molar-refractivity contribution in [3.63, 3.8) is 0 Å². The molecule has 2 atom stereocenters. The molecule has 6 nitrogen and oxygen atoms in total. The first kappa shape index (κ1) is 16.8. The van der Waals surface area contributed by atoms with Gasteiger partial charge in [-0.3, -0.25) is 4.18 Å². The number of carbonyl (C=O) groups is 1. The number of carbonyl (C=O) groups excluding carboxylic acids is 1. The maximum atomic E-state index is 12.1. The van der Waals surface area contributed by atoms with Crippen molar-refractivity contribution >= 4 is 16.2 Å². The Morgan fingerprint density at radius 1 is 1.32 bits per heavy atom. The first-order valence-corrected chi connectivity index (χ1v) is 9.00. The average molecular weight is 327 g/mol. The van der Waals surface area contributed by atoms with Crippen LogP contribution in [0.1, 0.15) is 18.9 Å². The van der Waals surface area contributed by atoms with E-state index in [0.29, 0.717) is 13.0 Å². The van der Waals surface area contributed by atoms with Crippen LogP contribution in [0.4, 0.5) is 4.79 Å². The fourth-order valence-electron chi connectivity index (χ4n) is 2.36. The van der Waals surface area contributed by atoms with Crippen LogP contribution in [-0.4, -0.2) is 44.9 Å². The second kappa shape index (κ2) is 7.11. The summed E-state index contributed by atoms with van der Waals surface area (Å²) >= 11 is 0. The normalized spacial score (nSPS) is 22.4. The zero-order valence-electron chi connectivity index (χ0n) is 12.8. The monoisotopic (exact) mass is 327 g/mol. The van der Waals surface area contributed by atoms with Crippen molar-refractivity contribution in [2.24, 2.45) is 5.92 Å². The molecule has 0 spiro atoms. The number of piperidine rings is 1. The van der Waals surface area contributed by atoms with Crippen molar-refractivity contribution in [2.45, 2.75) is 26.1 Å². The van der Waals surface area contributed by atoms with Crippen molar-refractivity contribution in [1.82, 2.24) is 4.90 Å². The number of amides is 1. The molecule has 1 aliphatic rings. The van der Waals surface area contributed by atoms with Crippen LogP contribution in [-0.2, 0) is 25.6 Å². The van der Waals surface area contributed by atoms with Gasteiger partial charge in [0.15, 0.2) is 0 Å². The van der Waals surface area contributed by atoms with Gasteiger partial charge in [0.25, 0.3) is 10.1 Å². The van der Waals surface area contributed by atoms with E-state index < -0.39 is 22.3 Å². The number of likely N-dealkylation sites (tertiary alicyclic amines) is 1. The van der Waals surface area contributed by atoms with Crippen LogP contribution < -0.4 is 0 Å². The summed E-state index contributed by atoms with van der Waals surface area (Å²) in [6.45, 7) is 2.88. The summed E-state index contributed by atoms with van der Waals surface area (Å²) in [5.41, 5.74) is 0.908. The lowest BCUT2D eigenvalue weighted by atomic mass is 9.96. The molecule has 22 heavy (non-hydrogen) atoms. The third-order valence-corrected chi connectivity index (χ3v) is 4.25. The Kier molecular flexibility index (Phi) is 5.42. The van der Waals surface area contributed by atoms with Gasteiger partial charge >= 0.3 is 6.09 Å². The number of ether oxygens (including phenoxy) is 1. The lowest BCUT2D eigenvalue weighted by molar-refractivity contribution is 0.0346. The van der Waals surface area contributed by atoms with Gasteiger partial charge in [0.2, 0.25) is 0 Å². The Morgan fingerprint density at radius 3 is 2.64 bits per heavy atom. The molecule has 0 unspecified atom stereocenters. The third-order valence-electron chi connectivity index (χ3n) is 3.65. The van der Waals surface area contributed by atoms with Gasteiger partial charge in [0, 0.05) is 6.54 Å². The highest BCUT2D eigenvalue weighted by Gasteiger charge is 2.32. The van der Waals surface area contributed by atoms with Crippen molar-refractivity contribution in [2.75, 3.05) is 19.3 Å². The zero-order chi connectivity index (χ0) is 16.2. The number of hydrogen-bond acceptors (Lipinski definition) is 5. The Labute approximate surface area is 131 Å². The molecule has 0 radical (unpaired) electrons. The van der Waals surface area contributed by atoms with Gasteiger partial charge < -0.3 is 9.64 Å². The molecule has 1 aromatic rings. The Bertz CT molecular complexity index is 602. The predicted molar refractivity (Wildman–Crippen MR) is 81.7 cm³/mol. The van der Waals surface area contributed by atoms with Gasteiger partial charge in [0.05, 0.1) is 18.9 Å². The van der Waals surface area contributed by atoms with Crippen LogP contribution >= 0.6 is 0 Å². The molecular weight excluding hydrogens is 306 g/mol. The van der Waals surface area contributed by atoms with E-state index in [-0.39, 0.29) is 19.1 Å². The molecular formula is C15H21NO5S. The van der Waals surface area contributed by atoms with Gasteiger partial charge in [-0.2, -0.15) is 8.42 Å². The molecule has 0 bridgehead atoms. The summed E-state index contributed by atoms with van der Waals surface area (Å²) in [4.78, 5) is 13.6. The highest BCUT2D eigenvalue weighted by atomic mass is 32.2.